The van der Waals surface area contributed by atoms with Crippen LogP contribution in [0.4, 0.5) is 17.1 Å². The highest BCUT2D eigenvalue weighted by molar-refractivity contribution is 7.99. The predicted octanol–water partition coefficient (Wildman–Crippen LogP) is 4.21. The Bertz CT molecular complexity index is 1290. The van der Waals surface area contributed by atoms with E-state index in [9.17, 15) is 19.7 Å². The lowest BCUT2D eigenvalue weighted by Crippen LogP contribution is -2.18. The SMILES string of the molecule is C=CCn1c(CC(=O)Nc2ccc(C)cc2C)nnc1SCC(=O)Nc1ccc([N+](=O)[O-])cc1C. The summed E-state index contributed by atoms with van der Waals surface area (Å²) in [6.45, 7) is 9.74. The Morgan fingerprint density at radius 1 is 1.06 bits per heavy atom. The van der Waals surface area contributed by atoms with Crippen LogP contribution in [0.15, 0.2) is 54.2 Å². The van der Waals surface area contributed by atoms with Gasteiger partial charge in [0.2, 0.25) is 11.8 Å². The van der Waals surface area contributed by atoms with Gasteiger partial charge in [-0.3, -0.25) is 19.7 Å². The normalized spacial score (nSPS) is 10.6. The Morgan fingerprint density at radius 2 is 1.71 bits per heavy atom. The molecule has 0 saturated carbocycles. The van der Waals surface area contributed by atoms with Crippen molar-refractivity contribution in [3.8, 4) is 0 Å². The number of nitro benzene ring substituents is 1. The number of carbonyl (C=O) groups is 2. The number of anilines is 2. The summed E-state index contributed by atoms with van der Waals surface area (Å²) < 4.78 is 1.74. The molecule has 3 aromatic rings. The van der Waals surface area contributed by atoms with Crippen LogP contribution in [0.5, 0.6) is 0 Å². The second kappa shape index (κ2) is 11.4. The van der Waals surface area contributed by atoms with Gasteiger partial charge >= 0.3 is 0 Å². The molecule has 0 radical (unpaired) electrons. The molecule has 35 heavy (non-hydrogen) atoms. The number of nitro groups is 1. The van der Waals surface area contributed by atoms with Gasteiger partial charge in [0, 0.05) is 30.1 Å². The van der Waals surface area contributed by atoms with E-state index in [-0.39, 0.29) is 29.7 Å². The number of rotatable bonds is 10. The summed E-state index contributed by atoms with van der Waals surface area (Å²) in [6, 6.07) is 10.0. The standard InChI is InChI=1S/C24H26N6O4S/c1-5-10-29-21(13-22(31)25-19-8-6-15(2)11-16(19)3)27-28-24(29)35-14-23(32)26-20-9-7-18(30(33)34)12-17(20)4/h5-9,11-12H,1,10,13-14H2,2-4H3,(H,25,31)(H,26,32). The Hall–Kier alpha value is -3.99. The first-order chi connectivity index (χ1) is 16.7. The zero-order valence-electron chi connectivity index (χ0n) is 19.7. The molecular weight excluding hydrogens is 468 g/mol. The fourth-order valence-electron chi connectivity index (χ4n) is 3.38. The van der Waals surface area contributed by atoms with Crippen LogP contribution in [-0.2, 0) is 22.6 Å². The van der Waals surface area contributed by atoms with Crippen molar-refractivity contribution in [1.29, 1.82) is 0 Å². The highest BCUT2D eigenvalue weighted by Gasteiger charge is 2.17. The average Bonchev–Trinajstić information content (AvgIpc) is 3.17. The van der Waals surface area contributed by atoms with Crippen molar-refractivity contribution in [2.45, 2.75) is 38.9 Å². The fraction of sp³-hybridized carbons (Fsp3) is 0.250. The number of carbonyl (C=O) groups excluding carboxylic acids is 2. The fourth-order valence-corrected chi connectivity index (χ4v) is 4.15. The van der Waals surface area contributed by atoms with E-state index in [0.29, 0.717) is 28.8 Å². The number of amides is 2. The van der Waals surface area contributed by atoms with Gasteiger partial charge in [-0.2, -0.15) is 0 Å². The number of aryl methyl sites for hydroxylation is 3. The molecule has 2 amide bonds. The van der Waals surface area contributed by atoms with Crippen LogP contribution in [0.25, 0.3) is 0 Å². The molecule has 2 aromatic carbocycles. The predicted molar refractivity (Wildman–Crippen MR) is 136 cm³/mol. The van der Waals surface area contributed by atoms with E-state index in [2.05, 4.69) is 27.4 Å². The maximum absolute atomic E-state index is 12.6. The third-order valence-electron chi connectivity index (χ3n) is 5.11. The van der Waals surface area contributed by atoms with E-state index >= 15 is 0 Å². The summed E-state index contributed by atoms with van der Waals surface area (Å²) in [6.07, 6.45) is 1.68. The lowest BCUT2D eigenvalue weighted by atomic mass is 10.1. The number of nitrogens with zero attached hydrogens (tertiary/aromatic N) is 4. The molecule has 0 unspecified atom stereocenters. The molecule has 2 N–H and O–H groups in total. The number of hydrogen-bond donors (Lipinski definition) is 2. The van der Waals surface area contributed by atoms with Crippen molar-refractivity contribution < 1.29 is 14.5 Å². The maximum Gasteiger partial charge on any atom is 0.269 e. The summed E-state index contributed by atoms with van der Waals surface area (Å²) in [7, 11) is 0. The second-order valence-electron chi connectivity index (χ2n) is 7.93. The number of hydrogen-bond acceptors (Lipinski definition) is 7. The van der Waals surface area contributed by atoms with Crippen molar-refractivity contribution in [2.24, 2.45) is 0 Å². The van der Waals surface area contributed by atoms with Crippen molar-refractivity contribution in [3.63, 3.8) is 0 Å². The van der Waals surface area contributed by atoms with Crippen LogP contribution in [0.3, 0.4) is 0 Å². The molecule has 0 spiro atoms. The molecule has 0 fully saturated rings. The number of allylic oxidation sites excluding steroid dienone is 1. The number of non-ortho nitro benzene ring substituents is 1. The highest BCUT2D eigenvalue weighted by atomic mass is 32.2. The minimum Gasteiger partial charge on any atom is -0.325 e. The number of nitrogens with one attached hydrogen (secondary N) is 2. The van der Waals surface area contributed by atoms with Crippen LogP contribution in [0, 0.1) is 30.9 Å². The van der Waals surface area contributed by atoms with Gasteiger partial charge in [-0.15, -0.1) is 16.8 Å². The van der Waals surface area contributed by atoms with Gasteiger partial charge in [-0.25, -0.2) is 0 Å². The van der Waals surface area contributed by atoms with Crippen molar-refractivity contribution in [1.82, 2.24) is 14.8 Å². The minimum absolute atomic E-state index is 0.0168. The molecule has 182 valence electrons. The molecule has 1 aromatic heterocycles. The molecule has 0 atom stereocenters. The minimum atomic E-state index is -0.485. The Morgan fingerprint density at radius 3 is 2.34 bits per heavy atom. The zero-order valence-corrected chi connectivity index (χ0v) is 20.5. The molecule has 1 heterocycles. The summed E-state index contributed by atoms with van der Waals surface area (Å²) in [5, 5.41) is 25.3. The van der Waals surface area contributed by atoms with E-state index in [1.54, 1.807) is 17.6 Å². The van der Waals surface area contributed by atoms with E-state index in [1.807, 2.05) is 32.0 Å². The van der Waals surface area contributed by atoms with Crippen molar-refractivity contribution in [2.75, 3.05) is 16.4 Å². The molecule has 0 aliphatic carbocycles. The van der Waals surface area contributed by atoms with Crippen LogP contribution in [-0.4, -0.2) is 37.3 Å². The highest BCUT2D eigenvalue weighted by Crippen LogP contribution is 2.23. The molecule has 0 aliphatic rings. The number of aromatic nitrogens is 3. The van der Waals surface area contributed by atoms with Crippen LogP contribution in [0.2, 0.25) is 0 Å². The lowest BCUT2D eigenvalue weighted by molar-refractivity contribution is -0.384. The first-order valence-electron chi connectivity index (χ1n) is 10.8. The smallest absolute Gasteiger partial charge is 0.269 e. The van der Waals surface area contributed by atoms with Crippen LogP contribution >= 0.6 is 11.8 Å². The van der Waals surface area contributed by atoms with Crippen molar-refractivity contribution in [3.05, 3.63) is 81.7 Å². The summed E-state index contributed by atoms with van der Waals surface area (Å²) in [5.41, 5.74) is 3.86. The first kappa shape index (κ1) is 25.6. The monoisotopic (exact) mass is 494 g/mol. The average molecular weight is 495 g/mol. The molecule has 3 rings (SSSR count). The van der Waals surface area contributed by atoms with Gasteiger partial charge in [0.1, 0.15) is 5.82 Å². The van der Waals surface area contributed by atoms with Gasteiger partial charge in [-0.1, -0.05) is 35.5 Å². The van der Waals surface area contributed by atoms with E-state index in [0.717, 1.165) is 16.8 Å². The van der Waals surface area contributed by atoms with Gasteiger partial charge in [0.25, 0.3) is 5.69 Å². The van der Waals surface area contributed by atoms with Crippen LogP contribution < -0.4 is 10.6 Å². The van der Waals surface area contributed by atoms with E-state index < -0.39 is 4.92 Å². The quantitative estimate of drug-likeness (QED) is 0.187. The number of benzene rings is 2. The van der Waals surface area contributed by atoms with Gasteiger partial charge in [-0.05, 0) is 44.0 Å². The third-order valence-corrected chi connectivity index (χ3v) is 6.07. The van der Waals surface area contributed by atoms with Crippen molar-refractivity contribution >= 4 is 40.6 Å². The molecular formula is C24H26N6O4S. The van der Waals surface area contributed by atoms with E-state index in [1.165, 1.54) is 30.0 Å². The number of thioether (sulfide) groups is 1. The Kier molecular flexibility index (Phi) is 8.37. The third kappa shape index (κ3) is 6.76. The van der Waals surface area contributed by atoms with Gasteiger partial charge in [0.15, 0.2) is 5.16 Å². The lowest BCUT2D eigenvalue weighted by Gasteiger charge is -2.11. The van der Waals surface area contributed by atoms with Gasteiger partial charge in [0.05, 0.1) is 17.1 Å². The van der Waals surface area contributed by atoms with Crippen LogP contribution in [0.1, 0.15) is 22.5 Å². The first-order valence-corrected chi connectivity index (χ1v) is 11.7. The molecule has 0 saturated heterocycles. The molecule has 0 aliphatic heterocycles. The Balaban J connectivity index is 1.63. The second-order valence-corrected chi connectivity index (χ2v) is 8.88. The molecule has 11 heteroatoms. The zero-order chi connectivity index (χ0) is 25.5. The largest absolute Gasteiger partial charge is 0.325 e. The topological polar surface area (TPSA) is 132 Å². The van der Waals surface area contributed by atoms with Gasteiger partial charge < -0.3 is 15.2 Å². The summed E-state index contributed by atoms with van der Waals surface area (Å²) in [5.74, 6) is -0.0198. The maximum atomic E-state index is 12.6. The van der Waals surface area contributed by atoms with E-state index in [4.69, 9.17) is 0 Å². The summed E-state index contributed by atoms with van der Waals surface area (Å²) >= 11 is 1.17. The molecule has 0 bridgehead atoms. The summed E-state index contributed by atoms with van der Waals surface area (Å²) in [4.78, 5) is 35.5. The molecule has 10 nitrogen and oxygen atoms in total. The Labute approximate surface area is 207 Å².